The largest absolute Gasteiger partial charge is 0.378 e. The van der Waals surface area contributed by atoms with Gasteiger partial charge in [-0.1, -0.05) is 6.07 Å². The highest BCUT2D eigenvalue weighted by atomic mass is 32.1. The smallest absolute Gasteiger partial charge is 0.0795 e. The van der Waals surface area contributed by atoms with Crippen molar-refractivity contribution < 1.29 is 0 Å². The van der Waals surface area contributed by atoms with Gasteiger partial charge in [-0.2, -0.15) is 0 Å². The molecule has 1 N–H and O–H groups in total. The molecule has 0 amide bonds. The minimum Gasteiger partial charge on any atom is -0.378 e. The summed E-state index contributed by atoms with van der Waals surface area (Å²) in [6, 6.07) is 6.78. The van der Waals surface area contributed by atoms with Gasteiger partial charge in [0.2, 0.25) is 0 Å². The van der Waals surface area contributed by atoms with Gasteiger partial charge in [0, 0.05) is 16.8 Å². The summed E-state index contributed by atoms with van der Waals surface area (Å²) in [6.07, 6.45) is 1.92. The van der Waals surface area contributed by atoms with Crippen LogP contribution in [0.25, 0.3) is 0 Å². The summed E-state index contributed by atoms with van der Waals surface area (Å²) in [5.74, 6) is 0. The molecule has 2 aromatic rings. The Balaban J connectivity index is 2.12. The summed E-state index contributed by atoms with van der Waals surface area (Å²) < 4.78 is 0. The van der Waals surface area contributed by atoms with Crippen molar-refractivity contribution in [2.75, 3.05) is 5.32 Å². The van der Waals surface area contributed by atoms with Crippen LogP contribution in [-0.2, 0) is 0 Å². The molecule has 0 aliphatic rings. The number of hydrogen-bond acceptors (Lipinski definition) is 3. The lowest BCUT2D eigenvalue weighted by Gasteiger charge is -2.14. The normalized spacial score (nSPS) is 12.4. The third kappa shape index (κ3) is 2.42. The zero-order valence-electron chi connectivity index (χ0n) is 9.82. The molecular formula is C13H16N2S. The van der Waals surface area contributed by atoms with Crippen molar-refractivity contribution in [2.45, 2.75) is 26.8 Å². The van der Waals surface area contributed by atoms with Crippen LogP contribution in [0.1, 0.15) is 29.0 Å². The first-order valence-electron chi connectivity index (χ1n) is 5.39. The maximum atomic E-state index is 4.10. The fraction of sp³-hybridized carbons (Fsp3) is 0.308. The van der Waals surface area contributed by atoms with Crippen LogP contribution in [0, 0.1) is 13.8 Å². The summed E-state index contributed by atoms with van der Waals surface area (Å²) >= 11 is 1.68. The molecule has 2 nitrogen and oxygen atoms in total. The molecule has 3 heteroatoms. The molecule has 0 radical (unpaired) electrons. The van der Waals surface area contributed by atoms with Gasteiger partial charge < -0.3 is 5.32 Å². The predicted octanol–water partition coefficient (Wildman–Crippen LogP) is 3.93. The number of aryl methyl sites for hydroxylation is 2. The molecule has 1 aromatic carbocycles. The van der Waals surface area contributed by atoms with Crippen molar-refractivity contribution in [3.63, 3.8) is 0 Å². The number of thiazole rings is 1. The highest BCUT2D eigenvalue weighted by molar-refractivity contribution is 7.09. The average molecular weight is 232 g/mol. The number of rotatable bonds is 3. The molecule has 1 aromatic heterocycles. The molecule has 1 unspecified atom stereocenters. The lowest BCUT2D eigenvalue weighted by molar-refractivity contribution is 0.903. The van der Waals surface area contributed by atoms with Crippen LogP contribution >= 0.6 is 11.3 Å². The van der Waals surface area contributed by atoms with E-state index in [9.17, 15) is 0 Å². The molecule has 84 valence electrons. The van der Waals surface area contributed by atoms with Gasteiger partial charge in [0.1, 0.15) is 0 Å². The number of anilines is 1. The molecule has 16 heavy (non-hydrogen) atoms. The van der Waals surface area contributed by atoms with Crippen LogP contribution in [-0.4, -0.2) is 4.98 Å². The quantitative estimate of drug-likeness (QED) is 0.867. The topological polar surface area (TPSA) is 24.9 Å². The summed E-state index contributed by atoms with van der Waals surface area (Å²) in [5, 5.41) is 3.48. The Hall–Kier alpha value is -1.35. The minimum atomic E-state index is 0.314. The summed E-state index contributed by atoms with van der Waals surface area (Å²) in [6.45, 7) is 6.42. The van der Waals surface area contributed by atoms with E-state index < -0.39 is 0 Å². The molecule has 0 aliphatic heterocycles. The first-order chi connectivity index (χ1) is 7.66. The van der Waals surface area contributed by atoms with Gasteiger partial charge in [-0.25, -0.2) is 0 Å². The van der Waals surface area contributed by atoms with Crippen LogP contribution in [0.4, 0.5) is 5.69 Å². The number of benzene rings is 1. The standard InChI is InChI=1S/C13H16N2S/c1-9-4-5-12(6-10(9)2)15-11(3)13-7-14-8-16-13/h4-8,11,15H,1-3H3. The lowest BCUT2D eigenvalue weighted by atomic mass is 10.1. The average Bonchev–Trinajstić information content (AvgIpc) is 2.77. The van der Waals surface area contributed by atoms with E-state index in [0.717, 1.165) is 0 Å². The van der Waals surface area contributed by atoms with Crippen LogP contribution in [0.2, 0.25) is 0 Å². The van der Waals surface area contributed by atoms with E-state index >= 15 is 0 Å². The highest BCUT2D eigenvalue weighted by Gasteiger charge is 2.06. The molecular weight excluding hydrogens is 216 g/mol. The van der Waals surface area contributed by atoms with E-state index in [0.29, 0.717) is 6.04 Å². The minimum absolute atomic E-state index is 0.314. The predicted molar refractivity (Wildman–Crippen MR) is 70.1 cm³/mol. The van der Waals surface area contributed by atoms with E-state index in [1.54, 1.807) is 11.3 Å². The SMILES string of the molecule is Cc1ccc(NC(C)c2cncs2)cc1C. The summed E-state index contributed by atoms with van der Waals surface area (Å²) in [4.78, 5) is 5.36. The summed E-state index contributed by atoms with van der Waals surface area (Å²) in [7, 11) is 0. The second kappa shape index (κ2) is 4.66. The fourth-order valence-corrected chi connectivity index (χ4v) is 2.22. The fourth-order valence-electron chi connectivity index (χ4n) is 1.59. The Morgan fingerprint density at radius 2 is 2.06 bits per heavy atom. The first kappa shape index (κ1) is 11.1. The van der Waals surface area contributed by atoms with Gasteiger partial charge in [-0.05, 0) is 44.0 Å². The molecule has 0 fully saturated rings. The third-order valence-electron chi connectivity index (χ3n) is 2.77. The number of aromatic nitrogens is 1. The van der Waals surface area contributed by atoms with Crippen molar-refractivity contribution in [1.82, 2.24) is 4.98 Å². The van der Waals surface area contributed by atoms with E-state index in [-0.39, 0.29) is 0 Å². The van der Waals surface area contributed by atoms with Gasteiger partial charge in [0.15, 0.2) is 0 Å². The maximum Gasteiger partial charge on any atom is 0.0795 e. The molecule has 0 bridgehead atoms. The Morgan fingerprint density at radius 3 is 2.69 bits per heavy atom. The monoisotopic (exact) mass is 232 g/mol. The molecule has 0 aliphatic carbocycles. The van der Waals surface area contributed by atoms with E-state index in [2.05, 4.69) is 49.3 Å². The third-order valence-corrected chi connectivity index (χ3v) is 3.73. The highest BCUT2D eigenvalue weighted by Crippen LogP contribution is 2.23. The summed E-state index contributed by atoms with van der Waals surface area (Å²) in [5.41, 5.74) is 5.69. The van der Waals surface area contributed by atoms with Gasteiger partial charge in [-0.3, -0.25) is 4.98 Å². The first-order valence-corrected chi connectivity index (χ1v) is 6.27. The number of hydrogen-bond donors (Lipinski definition) is 1. The van der Waals surface area contributed by atoms with Gasteiger partial charge in [0.25, 0.3) is 0 Å². The van der Waals surface area contributed by atoms with Crippen molar-refractivity contribution in [2.24, 2.45) is 0 Å². The van der Waals surface area contributed by atoms with Crippen LogP contribution in [0.5, 0.6) is 0 Å². The molecule has 1 atom stereocenters. The zero-order chi connectivity index (χ0) is 11.5. The molecule has 1 heterocycles. The second-order valence-electron chi connectivity index (χ2n) is 4.07. The molecule has 0 saturated heterocycles. The van der Waals surface area contributed by atoms with Crippen molar-refractivity contribution in [3.8, 4) is 0 Å². The number of nitrogens with one attached hydrogen (secondary N) is 1. The van der Waals surface area contributed by atoms with Crippen molar-refractivity contribution >= 4 is 17.0 Å². The van der Waals surface area contributed by atoms with Crippen molar-refractivity contribution in [1.29, 1.82) is 0 Å². The van der Waals surface area contributed by atoms with Gasteiger partial charge >= 0.3 is 0 Å². The van der Waals surface area contributed by atoms with Crippen LogP contribution in [0.15, 0.2) is 29.9 Å². The van der Waals surface area contributed by atoms with Gasteiger partial charge in [0.05, 0.1) is 11.6 Å². The maximum absolute atomic E-state index is 4.10. The van der Waals surface area contributed by atoms with Crippen LogP contribution < -0.4 is 5.32 Å². The van der Waals surface area contributed by atoms with E-state index in [1.165, 1.54) is 21.7 Å². The number of nitrogens with zero attached hydrogens (tertiary/aromatic N) is 1. The van der Waals surface area contributed by atoms with Gasteiger partial charge in [-0.15, -0.1) is 11.3 Å². The molecule has 0 spiro atoms. The van der Waals surface area contributed by atoms with Crippen LogP contribution in [0.3, 0.4) is 0 Å². The van der Waals surface area contributed by atoms with E-state index in [1.807, 2.05) is 11.7 Å². The Bertz CT molecular complexity index is 463. The molecule has 0 saturated carbocycles. The zero-order valence-corrected chi connectivity index (χ0v) is 10.6. The molecule has 2 rings (SSSR count). The Labute approximate surface area is 100 Å². The van der Waals surface area contributed by atoms with Crippen molar-refractivity contribution in [3.05, 3.63) is 45.9 Å². The Morgan fingerprint density at radius 1 is 1.25 bits per heavy atom. The second-order valence-corrected chi connectivity index (χ2v) is 4.99. The lowest BCUT2D eigenvalue weighted by Crippen LogP contribution is -2.05. The Kier molecular flexibility index (Phi) is 3.25. The van der Waals surface area contributed by atoms with E-state index in [4.69, 9.17) is 0 Å².